The van der Waals surface area contributed by atoms with Crippen molar-refractivity contribution in [3.8, 4) is 5.75 Å². The number of hydrogen-bond acceptors (Lipinski definition) is 5. The second-order valence-corrected chi connectivity index (χ2v) is 11.6. The predicted molar refractivity (Wildman–Crippen MR) is 170 cm³/mol. The molecule has 8 heteroatoms. The lowest BCUT2D eigenvalue weighted by molar-refractivity contribution is -0.137. The molecular weight excluding hydrogens is 564 g/mol. The van der Waals surface area contributed by atoms with Crippen LogP contribution < -0.4 is 15.0 Å². The van der Waals surface area contributed by atoms with Crippen molar-refractivity contribution in [2.75, 3.05) is 23.4 Å². The van der Waals surface area contributed by atoms with Crippen molar-refractivity contribution < 1.29 is 24.2 Å². The van der Waals surface area contributed by atoms with Gasteiger partial charge in [-0.05, 0) is 54.1 Å². The molecule has 1 amide bonds. The third-order valence-corrected chi connectivity index (χ3v) is 7.06. The van der Waals surface area contributed by atoms with E-state index in [2.05, 4.69) is 5.32 Å². The van der Waals surface area contributed by atoms with E-state index in [9.17, 15) is 19.5 Å². The average molecular weight is 599 g/mol. The molecule has 0 fully saturated rings. The van der Waals surface area contributed by atoms with E-state index in [1.807, 2.05) is 51.1 Å². The van der Waals surface area contributed by atoms with Crippen LogP contribution in [0.25, 0.3) is 0 Å². The molecular formula is C35H35ClN2O5. The van der Waals surface area contributed by atoms with E-state index in [1.54, 1.807) is 77.7 Å². The molecule has 1 atom stereocenters. The van der Waals surface area contributed by atoms with Gasteiger partial charge in [0.15, 0.2) is 5.78 Å². The molecule has 4 rings (SSSR count). The SMILES string of the molecule is CC(C)(C)C(=O)N(CCOc1ccc(CC(Nc2ccccc2C(=O)c2ccccc2)C(=O)O)cc1)c1ccc(Cl)cc1. The maximum atomic E-state index is 13.1. The van der Waals surface area contributed by atoms with Gasteiger partial charge in [0.25, 0.3) is 0 Å². The number of ether oxygens (including phenoxy) is 1. The van der Waals surface area contributed by atoms with Gasteiger partial charge in [-0.25, -0.2) is 4.79 Å². The molecule has 0 aliphatic rings. The Labute approximate surface area is 257 Å². The number of nitrogens with one attached hydrogen (secondary N) is 1. The van der Waals surface area contributed by atoms with Crippen LogP contribution in [0.5, 0.6) is 5.75 Å². The van der Waals surface area contributed by atoms with Crippen LogP contribution in [-0.2, 0) is 16.0 Å². The first kappa shape index (κ1) is 31.3. The Morgan fingerprint density at radius 1 is 0.860 bits per heavy atom. The van der Waals surface area contributed by atoms with Crippen LogP contribution in [-0.4, -0.2) is 42.0 Å². The number of amides is 1. The summed E-state index contributed by atoms with van der Waals surface area (Å²) in [5.41, 5.74) is 2.33. The van der Waals surface area contributed by atoms with Gasteiger partial charge in [-0.3, -0.25) is 9.59 Å². The second kappa shape index (κ2) is 14.0. The van der Waals surface area contributed by atoms with Gasteiger partial charge in [-0.1, -0.05) is 87.0 Å². The number of carbonyl (C=O) groups excluding carboxylic acids is 2. The third-order valence-electron chi connectivity index (χ3n) is 6.81. The fraction of sp³-hybridized carbons (Fsp3) is 0.229. The first-order valence-corrected chi connectivity index (χ1v) is 14.4. The van der Waals surface area contributed by atoms with Gasteiger partial charge in [0, 0.05) is 39.4 Å². The van der Waals surface area contributed by atoms with Crippen molar-refractivity contribution in [1.29, 1.82) is 0 Å². The van der Waals surface area contributed by atoms with Gasteiger partial charge in [0.2, 0.25) is 5.91 Å². The minimum absolute atomic E-state index is 0.0342. The summed E-state index contributed by atoms with van der Waals surface area (Å²) < 4.78 is 5.94. The largest absolute Gasteiger partial charge is 0.492 e. The summed E-state index contributed by atoms with van der Waals surface area (Å²) in [6.07, 6.45) is 0.188. The zero-order valence-corrected chi connectivity index (χ0v) is 25.2. The molecule has 4 aromatic carbocycles. The molecule has 7 nitrogen and oxygen atoms in total. The topological polar surface area (TPSA) is 95.9 Å². The second-order valence-electron chi connectivity index (χ2n) is 11.2. The van der Waals surface area contributed by atoms with Crippen molar-refractivity contribution in [1.82, 2.24) is 0 Å². The van der Waals surface area contributed by atoms with Crippen LogP contribution in [0.15, 0.2) is 103 Å². The first-order valence-electron chi connectivity index (χ1n) is 14.0. The van der Waals surface area contributed by atoms with Gasteiger partial charge in [-0.15, -0.1) is 0 Å². The fourth-order valence-corrected chi connectivity index (χ4v) is 4.65. The normalized spacial score (nSPS) is 11.8. The molecule has 0 aliphatic carbocycles. The Kier molecular flexibility index (Phi) is 10.2. The van der Waals surface area contributed by atoms with Crippen molar-refractivity contribution in [2.24, 2.45) is 5.41 Å². The van der Waals surface area contributed by atoms with Crippen molar-refractivity contribution in [2.45, 2.75) is 33.2 Å². The van der Waals surface area contributed by atoms with Gasteiger partial charge in [0.1, 0.15) is 18.4 Å². The van der Waals surface area contributed by atoms with Gasteiger partial charge >= 0.3 is 5.97 Å². The van der Waals surface area contributed by atoms with E-state index < -0.39 is 17.4 Å². The lowest BCUT2D eigenvalue weighted by Crippen LogP contribution is -2.41. The Bertz CT molecular complexity index is 1550. The summed E-state index contributed by atoms with van der Waals surface area (Å²) in [6.45, 7) is 6.21. The number of rotatable bonds is 12. The highest BCUT2D eigenvalue weighted by molar-refractivity contribution is 6.30. The van der Waals surface area contributed by atoms with E-state index in [0.717, 1.165) is 11.3 Å². The third kappa shape index (κ3) is 8.46. The molecule has 2 N–H and O–H groups in total. The summed E-state index contributed by atoms with van der Waals surface area (Å²) in [6, 6.07) is 29.1. The number of carboxylic acids is 1. The number of ketones is 1. The zero-order valence-electron chi connectivity index (χ0n) is 24.4. The minimum atomic E-state index is -1.03. The van der Waals surface area contributed by atoms with E-state index in [4.69, 9.17) is 16.3 Å². The van der Waals surface area contributed by atoms with Crippen LogP contribution in [0.2, 0.25) is 5.02 Å². The van der Waals surface area contributed by atoms with Crippen LogP contribution in [0.1, 0.15) is 42.3 Å². The summed E-state index contributed by atoms with van der Waals surface area (Å²) in [4.78, 5) is 40.1. The number of nitrogens with zero attached hydrogens (tertiary/aromatic N) is 1. The van der Waals surface area contributed by atoms with Crippen molar-refractivity contribution in [3.05, 3.63) is 125 Å². The quantitative estimate of drug-likeness (QED) is 0.168. The zero-order chi connectivity index (χ0) is 31.0. The maximum absolute atomic E-state index is 13.1. The molecule has 0 radical (unpaired) electrons. The van der Waals surface area contributed by atoms with Gasteiger partial charge < -0.3 is 20.1 Å². The minimum Gasteiger partial charge on any atom is -0.492 e. The van der Waals surface area contributed by atoms with Crippen LogP contribution in [0, 0.1) is 5.41 Å². The number of anilines is 2. The van der Waals surface area contributed by atoms with Crippen LogP contribution >= 0.6 is 11.6 Å². The molecule has 0 aliphatic heterocycles. The van der Waals surface area contributed by atoms with Crippen molar-refractivity contribution >= 4 is 40.6 Å². The summed E-state index contributed by atoms with van der Waals surface area (Å²) >= 11 is 6.04. The molecule has 0 heterocycles. The predicted octanol–water partition coefficient (Wildman–Crippen LogP) is 7.14. The van der Waals surface area contributed by atoms with E-state index in [1.165, 1.54) is 0 Å². The van der Waals surface area contributed by atoms with E-state index in [0.29, 0.717) is 34.1 Å². The number of benzene rings is 4. The first-order chi connectivity index (χ1) is 20.5. The lowest BCUT2D eigenvalue weighted by atomic mass is 9.94. The molecule has 222 valence electrons. The fourth-order valence-electron chi connectivity index (χ4n) is 4.53. The molecule has 0 spiro atoms. The molecule has 0 saturated heterocycles. The van der Waals surface area contributed by atoms with Gasteiger partial charge in [0.05, 0.1) is 6.54 Å². The number of carboxylic acid groups (broad SMARTS) is 1. The lowest BCUT2D eigenvalue weighted by Gasteiger charge is -2.29. The number of aliphatic carboxylic acids is 1. The monoisotopic (exact) mass is 598 g/mol. The Balaban J connectivity index is 1.40. The molecule has 0 saturated carbocycles. The van der Waals surface area contributed by atoms with Crippen molar-refractivity contribution in [3.63, 3.8) is 0 Å². The molecule has 0 aromatic heterocycles. The highest BCUT2D eigenvalue weighted by Gasteiger charge is 2.28. The highest BCUT2D eigenvalue weighted by Crippen LogP contribution is 2.25. The standard InChI is InChI=1S/C35H35ClN2O5/c1-35(2,3)34(42)38(27-17-15-26(36)16-18-27)21-22-43-28-19-13-24(14-20-28)23-31(33(40)41)37-30-12-8-7-11-29(30)32(39)25-9-5-4-6-10-25/h4-20,31,37H,21-23H2,1-3H3,(H,40,41). The van der Waals surface area contributed by atoms with Crippen LogP contribution in [0.4, 0.5) is 11.4 Å². The summed E-state index contributed by atoms with van der Waals surface area (Å²) in [7, 11) is 0. The molecule has 1 unspecified atom stereocenters. The maximum Gasteiger partial charge on any atom is 0.326 e. The van der Waals surface area contributed by atoms with Gasteiger partial charge in [-0.2, -0.15) is 0 Å². The van der Waals surface area contributed by atoms with E-state index in [-0.39, 0.29) is 24.7 Å². The van der Waals surface area contributed by atoms with Crippen LogP contribution in [0.3, 0.4) is 0 Å². The molecule has 4 aromatic rings. The van der Waals surface area contributed by atoms with E-state index >= 15 is 0 Å². The number of halogens is 1. The number of hydrogen-bond donors (Lipinski definition) is 2. The average Bonchev–Trinajstić information content (AvgIpc) is 3.00. The molecule has 0 bridgehead atoms. The number of carbonyl (C=O) groups is 3. The highest BCUT2D eigenvalue weighted by atomic mass is 35.5. The smallest absolute Gasteiger partial charge is 0.326 e. The molecule has 43 heavy (non-hydrogen) atoms. The summed E-state index contributed by atoms with van der Waals surface area (Å²) in [5.74, 6) is -0.657. The Morgan fingerprint density at radius 2 is 1.49 bits per heavy atom. The number of para-hydroxylation sites is 1. The Hall–Kier alpha value is -4.62. The Morgan fingerprint density at radius 3 is 2.12 bits per heavy atom. The summed E-state index contributed by atoms with van der Waals surface area (Å²) in [5, 5.41) is 13.6.